The molecule has 1 N–H and O–H groups in total. The maximum atomic E-state index is 13.4. The Hall–Kier alpha value is -4.34. The number of rotatable bonds is 8. The van der Waals surface area contributed by atoms with Gasteiger partial charge in [-0.05, 0) is 12.5 Å². The number of aryl methyl sites for hydroxylation is 1. The lowest BCUT2D eigenvalue weighted by atomic mass is 10.2. The number of carbonyl (C=O) groups excluding carboxylic acids is 1. The second-order valence-corrected chi connectivity index (χ2v) is 7.60. The topological polar surface area (TPSA) is 109 Å². The molecule has 0 spiro atoms. The van der Waals surface area contributed by atoms with Crippen LogP contribution in [0.5, 0.6) is 11.5 Å². The van der Waals surface area contributed by atoms with Gasteiger partial charge < -0.3 is 19.4 Å². The SMILES string of the molecule is CCn1cnc2c1c(=O)n(CC(=O)Nc1cc(OC)cc(OC)c1)c(=O)n2Cc1ccccc1. The van der Waals surface area contributed by atoms with Crippen molar-refractivity contribution in [2.24, 2.45) is 0 Å². The third-order valence-corrected chi connectivity index (χ3v) is 5.44. The Morgan fingerprint density at radius 2 is 1.68 bits per heavy atom. The first-order chi connectivity index (χ1) is 16.4. The van der Waals surface area contributed by atoms with Gasteiger partial charge in [-0.1, -0.05) is 30.3 Å². The van der Waals surface area contributed by atoms with Crippen molar-refractivity contribution in [1.29, 1.82) is 0 Å². The van der Waals surface area contributed by atoms with Crippen LogP contribution in [0.1, 0.15) is 12.5 Å². The first kappa shape index (κ1) is 22.8. The molecule has 0 saturated carbocycles. The number of benzene rings is 2. The molecule has 0 aliphatic carbocycles. The molecule has 1 amide bonds. The van der Waals surface area contributed by atoms with Crippen LogP contribution in [0.4, 0.5) is 5.69 Å². The average Bonchev–Trinajstić information content (AvgIpc) is 3.29. The molecule has 0 atom stereocenters. The zero-order valence-corrected chi connectivity index (χ0v) is 19.1. The molecule has 0 bridgehead atoms. The van der Waals surface area contributed by atoms with Crippen molar-refractivity contribution in [1.82, 2.24) is 18.7 Å². The molecule has 10 heteroatoms. The Balaban J connectivity index is 1.74. The number of hydrogen-bond acceptors (Lipinski definition) is 6. The van der Waals surface area contributed by atoms with E-state index in [-0.39, 0.29) is 17.7 Å². The summed E-state index contributed by atoms with van der Waals surface area (Å²) >= 11 is 0. The highest BCUT2D eigenvalue weighted by atomic mass is 16.5. The monoisotopic (exact) mass is 463 g/mol. The minimum absolute atomic E-state index is 0.214. The minimum Gasteiger partial charge on any atom is -0.497 e. The third-order valence-electron chi connectivity index (χ3n) is 5.44. The summed E-state index contributed by atoms with van der Waals surface area (Å²) in [5.74, 6) is 0.443. The number of anilines is 1. The van der Waals surface area contributed by atoms with Crippen molar-refractivity contribution in [3.05, 3.63) is 81.3 Å². The maximum absolute atomic E-state index is 13.4. The number of ether oxygens (including phenoxy) is 2. The van der Waals surface area contributed by atoms with Crippen LogP contribution in [0.15, 0.2) is 64.4 Å². The molecule has 2 aromatic carbocycles. The van der Waals surface area contributed by atoms with E-state index < -0.39 is 23.7 Å². The van der Waals surface area contributed by atoms with E-state index in [0.29, 0.717) is 23.7 Å². The predicted molar refractivity (Wildman–Crippen MR) is 128 cm³/mol. The number of nitrogens with zero attached hydrogens (tertiary/aromatic N) is 4. The quantitative estimate of drug-likeness (QED) is 0.429. The number of nitrogens with one attached hydrogen (secondary N) is 1. The predicted octanol–water partition coefficient (Wildman–Crippen LogP) is 2.08. The van der Waals surface area contributed by atoms with Crippen LogP contribution in [0, 0.1) is 0 Å². The lowest BCUT2D eigenvalue weighted by Gasteiger charge is -2.13. The molecule has 2 heterocycles. The van der Waals surface area contributed by atoms with Crippen LogP contribution < -0.4 is 26.0 Å². The average molecular weight is 463 g/mol. The zero-order chi connectivity index (χ0) is 24.2. The number of hydrogen-bond donors (Lipinski definition) is 1. The molecule has 0 aliphatic rings. The summed E-state index contributed by atoms with van der Waals surface area (Å²) in [6.45, 7) is 2.12. The van der Waals surface area contributed by atoms with Crippen LogP contribution in [0.3, 0.4) is 0 Å². The number of aromatic nitrogens is 4. The number of imidazole rings is 1. The summed E-state index contributed by atoms with van der Waals surface area (Å²) in [6.07, 6.45) is 1.53. The molecule has 0 fully saturated rings. The molecule has 176 valence electrons. The standard InChI is InChI=1S/C24H25N5O5/c1-4-27-15-25-22-21(27)23(31)29(24(32)28(22)13-16-8-6-5-7-9-16)14-20(30)26-17-10-18(33-2)12-19(11-17)34-3/h5-12,15H,4,13-14H2,1-3H3,(H,26,30). The van der Waals surface area contributed by atoms with Gasteiger partial charge in [0.05, 0.1) is 27.1 Å². The fraction of sp³-hybridized carbons (Fsp3) is 0.250. The van der Waals surface area contributed by atoms with Gasteiger partial charge in [0, 0.05) is 30.4 Å². The van der Waals surface area contributed by atoms with Crippen molar-refractivity contribution in [3.8, 4) is 11.5 Å². The number of fused-ring (bicyclic) bond motifs is 1. The molecule has 2 aromatic heterocycles. The highest BCUT2D eigenvalue weighted by Crippen LogP contribution is 2.25. The lowest BCUT2D eigenvalue weighted by molar-refractivity contribution is -0.116. The van der Waals surface area contributed by atoms with E-state index in [2.05, 4.69) is 10.3 Å². The second-order valence-electron chi connectivity index (χ2n) is 7.60. The largest absolute Gasteiger partial charge is 0.497 e. The van der Waals surface area contributed by atoms with Crippen molar-refractivity contribution in [2.75, 3.05) is 19.5 Å². The third kappa shape index (κ3) is 4.42. The Morgan fingerprint density at radius 1 is 1.00 bits per heavy atom. The van der Waals surface area contributed by atoms with Gasteiger partial charge in [-0.3, -0.25) is 14.2 Å². The maximum Gasteiger partial charge on any atom is 0.333 e. The summed E-state index contributed by atoms with van der Waals surface area (Å²) in [5, 5.41) is 2.70. The normalized spacial score (nSPS) is 10.9. The van der Waals surface area contributed by atoms with Crippen molar-refractivity contribution in [3.63, 3.8) is 0 Å². The Labute approximate surface area is 195 Å². The van der Waals surface area contributed by atoms with Crippen LogP contribution in [-0.4, -0.2) is 38.8 Å². The summed E-state index contributed by atoms with van der Waals surface area (Å²) in [4.78, 5) is 43.8. The van der Waals surface area contributed by atoms with Gasteiger partial charge >= 0.3 is 5.69 Å². The Bertz CT molecular complexity index is 1430. The van der Waals surface area contributed by atoms with E-state index in [0.717, 1.165) is 10.1 Å². The van der Waals surface area contributed by atoms with E-state index in [1.807, 2.05) is 37.3 Å². The van der Waals surface area contributed by atoms with Crippen LogP contribution in [-0.2, 0) is 24.4 Å². The second kappa shape index (κ2) is 9.65. The van der Waals surface area contributed by atoms with Gasteiger partial charge in [0.15, 0.2) is 11.2 Å². The first-order valence-electron chi connectivity index (χ1n) is 10.7. The molecule has 34 heavy (non-hydrogen) atoms. The van der Waals surface area contributed by atoms with Gasteiger partial charge in [0.1, 0.15) is 18.0 Å². The van der Waals surface area contributed by atoms with Gasteiger partial charge in [0.25, 0.3) is 5.56 Å². The van der Waals surface area contributed by atoms with Crippen molar-refractivity contribution in [2.45, 2.75) is 26.6 Å². The molecule has 0 unspecified atom stereocenters. The van der Waals surface area contributed by atoms with E-state index in [1.54, 1.807) is 22.8 Å². The fourth-order valence-corrected chi connectivity index (χ4v) is 3.75. The van der Waals surface area contributed by atoms with E-state index >= 15 is 0 Å². The molecule has 10 nitrogen and oxygen atoms in total. The van der Waals surface area contributed by atoms with Gasteiger partial charge in [-0.2, -0.15) is 0 Å². The van der Waals surface area contributed by atoms with E-state index in [4.69, 9.17) is 9.47 Å². The molecular weight excluding hydrogens is 438 g/mol. The molecule has 4 aromatic rings. The van der Waals surface area contributed by atoms with Gasteiger partial charge in [0.2, 0.25) is 5.91 Å². The smallest absolute Gasteiger partial charge is 0.333 e. The van der Waals surface area contributed by atoms with Crippen molar-refractivity contribution < 1.29 is 14.3 Å². The highest BCUT2D eigenvalue weighted by molar-refractivity contribution is 5.91. The van der Waals surface area contributed by atoms with Crippen molar-refractivity contribution >= 4 is 22.8 Å². The Morgan fingerprint density at radius 3 is 2.29 bits per heavy atom. The summed E-state index contributed by atoms with van der Waals surface area (Å²) < 4.78 is 14.5. The van der Waals surface area contributed by atoms with Crippen LogP contribution >= 0.6 is 0 Å². The van der Waals surface area contributed by atoms with Crippen LogP contribution in [0.2, 0.25) is 0 Å². The summed E-state index contributed by atoms with van der Waals surface area (Å²) in [5.41, 5.74) is 0.667. The minimum atomic E-state index is -0.610. The number of methoxy groups -OCH3 is 2. The van der Waals surface area contributed by atoms with Crippen LogP contribution in [0.25, 0.3) is 11.2 Å². The molecular formula is C24H25N5O5. The highest BCUT2D eigenvalue weighted by Gasteiger charge is 2.20. The number of amides is 1. The van der Waals surface area contributed by atoms with E-state index in [1.165, 1.54) is 25.1 Å². The fourth-order valence-electron chi connectivity index (χ4n) is 3.75. The first-order valence-corrected chi connectivity index (χ1v) is 10.7. The van der Waals surface area contributed by atoms with Gasteiger partial charge in [-0.15, -0.1) is 0 Å². The molecule has 0 saturated heterocycles. The molecule has 4 rings (SSSR count). The summed E-state index contributed by atoms with van der Waals surface area (Å²) in [7, 11) is 3.00. The van der Waals surface area contributed by atoms with E-state index in [9.17, 15) is 14.4 Å². The Kier molecular flexibility index (Phi) is 6.48. The molecule has 0 radical (unpaired) electrons. The molecule has 0 aliphatic heterocycles. The lowest BCUT2D eigenvalue weighted by Crippen LogP contribution is -2.43. The zero-order valence-electron chi connectivity index (χ0n) is 19.1. The number of carbonyl (C=O) groups is 1. The summed E-state index contributed by atoms with van der Waals surface area (Å²) in [6, 6.07) is 14.3. The van der Waals surface area contributed by atoms with Gasteiger partial charge in [-0.25, -0.2) is 14.3 Å².